The Morgan fingerprint density at radius 1 is 1.27 bits per heavy atom. The predicted molar refractivity (Wildman–Crippen MR) is 98.1 cm³/mol. The largest absolute Gasteiger partial charge is 0.489 e. The normalized spacial score (nSPS) is 15.7. The summed E-state index contributed by atoms with van der Waals surface area (Å²) in [5.41, 5.74) is 3.56. The molecule has 132 valence electrons. The fraction of sp³-hybridized carbons (Fsp3) is 0.250. The molecule has 2 aromatic heterocycles. The van der Waals surface area contributed by atoms with Crippen molar-refractivity contribution in [3.63, 3.8) is 0 Å². The van der Waals surface area contributed by atoms with Crippen LogP contribution in [0.25, 0.3) is 22.0 Å². The predicted octanol–water partition coefficient (Wildman–Crippen LogP) is 3.33. The Bertz CT molecular complexity index is 1110. The van der Waals surface area contributed by atoms with Crippen LogP contribution < -0.4 is 10.2 Å². The van der Waals surface area contributed by atoms with Crippen molar-refractivity contribution < 1.29 is 14.6 Å². The van der Waals surface area contributed by atoms with Crippen molar-refractivity contribution in [2.24, 2.45) is 0 Å². The fourth-order valence-corrected chi connectivity index (χ4v) is 3.57. The minimum Gasteiger partial charge on any atom is -0.489 e. The van der Waals surface area contributed by atoms with Crippen LogP contribution in [0, 0.1) is 13.8 Å². The van der Waals surface area contributed by atoms with Gasteiger partial charge in [-0.2, -0.15) is 0 Å². The van der Waals surface area contributed by atoms with Crippen molar-refractivity contribution in [2.75, 3.05) is 6.61 Å². The van der Waals surface area contributed by atoms with Gasteiger partial charge in [-0.15, -0.1) is 0 Å². The molecule has 3 heterocycles. The van der Waals surface area contributed by atoms with Crippen LogP contribution in [0.2, 0.25) is 0 Å². The first-order valence-corrected chi connectivity index (χ1v) is 8.40. The molecule has 1 aromatic carbocycles. The number of aromatic nitrogens is 2. The van der Waals surface area contributed by atoms with Gasteiger partial charge in [0.05, 0.1) is 16.9 Å². The summed E-state index contributed by atoms with van der Waals surface area (Å²) in [6, 6.07) is 7.38. The Hall–Kier alpha value is -3.15. The lowest BCUT2D eigenvalue weighted by Gasteiger charge is -2.28. The summed E-state index contributed by atoms with van der Waals surface area (Å²) in [6.45, 7) is 6.21. The van der Waals surface area contributed by atoms with Crippen molar-refractivity contribution in [3.8, 4) is 16.9 Å². The summed E-state index contributed by atoms with van der Waals surface area (Å²) in [4.78, 5) is 28.5. The second kappa shape index (κ2) is 5.69. The van der Waals surface area contributed by atoms with Crippen LogP contribution >= 0.6 is 0 Å². The molecular formula is C20H18N2O4. The molecule has 1 atom stereocenters. The molecule has 4 rings (SSSR count). The van der Waals surface area contributed by atoms with E-state index in [1.165, 1.54) is 6.20 Å². The van der Waals surface area contributed by atoms with E-state index in [1.54, 1.807) is 6.07 Å². The highest BCUT2D eigenvalue weighted by Crippen LogP contribution is 2.40. The monoisotopic (exact) mass is 350 g/mol. The number of aromatic carboxylic acids is 1. The number of aryl methyl sites for hydroxylation is 2. The fourth-order valence-electron chi connectivity index (χ4n) is 3.57. The zero-order chi connectivity index (χ0) is 18.6. The molecule has 26 heavy (non-hydrogen) atoms. The van der Waals surface area contributed by atoms with Crippen LogP contribution in [0.5, 0.6) is 5.75 Å². The van der Waals surface area contributed by atoms with Gasteiger partial charge in [-0.1, -0.05) is 0 Å². The molecule has 0 saturated carbocycles. The van der Waals surface area contributed by atoms with Crippen molar-refractivity contribution in [2.45, 2.75) is 26.8 Å². The van der Waals surface area contributed by atoms with Crippen LogP contribution in [0.4, 0.5) is 0 Å². The number of nitrogens with zero attached hydrogens (tertiary/aromatic N) is 2. The maximum Gasteiger partial charge on any atom is 0.341 e. The van der Waals surface area contributed by atoms with Gasteiger partial charge in [0, 0.05) is 23.1 Å². The van der Waals surface area contributed by atoms with Crippen LogP contribution in [0.1, 0.15) is 34.7 Å². The van der Waals surface area contributed by atoms with E-state index in [0.29, 0.717) is 23.3 Å². The molecule has 0 fully saturated rings. The molecule has 1 N–H and O–H groups in total. The molecule has 1 aliphatic rings. The molecule has 3 aromatic rings. The average Bonchev–Trinajstić information content (AvgIpc) is 2.58. The molecule has 0 bridgehead atoms. The van der Waals surface area contributed by atoms with Gasteiger partial charge in [0.2, 0.25) is 5.43 Å². The summed E-state index contributed by atoms with van der Waals surface area (Å²) in [5.74, 6) is -0.606. The standard InChI is InChI=1S/C20H18N2O4/c1-10-6-13(7-11(2)21-10)14-4-5-15-17-19(14)26-9-12(3)22(17)8-16(18(15)23)20(24)25/h4-8,12H,9H2,1-3H3,(H,24,25)/t12-/m0/s1. The first kappa shape index (κ1) is 16.3. The molecule has 6 nitrogen and oxygen atoms in total. The van der Waals surface area contributed by atoms with Gasteiger partial charge < -0.3 is 14.4 Å². The van der Waals surface area contributed by atoms with Gasteiger partial charge in [-0.25, -0.2) is 4.79 Å². The molecule has 0 amide bonds. The number of carboxylic acids is 1. The van der Waals surface area contributed by atoms with Crippen LogP contribution in [-0.2, 0) is 0 Å². The molecule has 0 saturated heterocycles. The van der Waals surface area contributed by atoms with Crippen molar-refractivity contribution >= 4 is 16.9 Å². The lowest BCUT2D eigenvalue weighted by Crippen LogP contribution is -2.26. The highest BCUT2D eigenvalue weighted by Gasteiger charge is 2.26. The lowest BCUT2D eigenvalue weighted by atomic mass is 9.99. The molecule has 1 aliphatic heterocycles. The zero-order valence-electron chi connectivity index (χ0n) is 14.7. The Kier molecular flexibility index (Phi) is 3.57. The topological polar surface area (TPSA) is 81.4 Å². The van der Waals surface area contributed by atoms with E-state index >= 15 is 0 Å². The third-order valence-corrected chi connectivity index (χ3v) is 4.71. The Morgan fingerprint density at radius 2 is 1.96 bits per heavy atom. The van der Waals surface area contributed by atoms with E-state index in [4.69, 9.17) is 4.74 Å². The van der Waals surface area contributed by atoms with Gasteiger partial charge in [0.25, 0.3) is 0 Å². The summed E-state index contributed by atoms with van der Waals surface area (Å²) < 4.78 is 7.84. The smallest absolute Gasteiger partial charge is 0.341 e. The van der Waals surface area contributed by atoms with Gasteiger partial charge in [0.15, 0.2) is 5.75 Å². The van der Waals surface area contributed by atoms with Crippen LogP contribution in [-0.4, -0.2) is 27.2 Å². The summed E-state index contributed by atoms with van der Waals surface area (Å²) >= 11 is 0. The lowest BCUT2D eigenvalue weighted by molar-refractivity contribution is 0.0694. The SMILES string of the molecule is Cc1cc(-c2ccc3c(=O)c(C(=O)O)cn4c3c2OC[C@@H]4C)cc(C)n1. The van der Waals surface area contributed by atoms with E-state index in [0.717, 1.165) is 22.5 Å². The first-order chi connectivity index (χ1) is 12.4. The third-order valence-electron chi connectivity index (χ3n) is 4.71. The van der Waals surface area contributed by atoms with Crippen molar-refractivity contribution in [1.29, 1.82) is 0 Å². The van der Waals surface area contributed by atoms with Gasteiger partial charge in [0.1, 0.15) is 12.2 Å². The molecular weight excluding hydrogens is 332 g/mol. The van der Waals surface area contributed by atoms with E-state index in [-0.39, 0.29) is 11.6 Å². The number of hydrogen-bond donors (Lipinski definition) is 1. The number of ether oxygens (including phenoxy) is 1. The third kappa shape index (κ3) is 2.37. The maximum absolute atomic E-state index is 12.6. The molecule has 0 spiro atoms. The van der Waals surface area contributed by atoms with Crippen molar-refractivity contribution in [3.05, 3.63) is 57.6 Å². The second-order valence-corrected chi connectivity index (χ2v) is 6.72. The van der Waals surface area contributed by atoms with E-state index in [2.05, 4.69) is 4.98 Å². The maximum atomic E-state index is 12.6. The van der Waals surface area contributed by atoms with Crippen LogP contribution in [0.3, 0.4) is 0 Å². The summed E-state index contributed by atoms with van der Waals surface area (Å²) in [5, 5.41) is 9.72. The number of pyridine rings is 2. The quantitative estimate of drug-likeness (QED) is 0.767. The van der Waals surface area contributed by atoms with E-state index in [1.807, 2.05) is 43.5 Å². The van der Waals surface area contributed by atoms with Gasteiger partial charge >= 0.3 is 5.97 Å². The molecule has 0 aliphatic carbocycles. The molecule has 0 radical (unpaired) electrons. The van der Waals surface area contributed by atoms with Crippen molar-refractivity contribution in [1.82, 2.24) is 9.55 Å². The highest BCUT2D eigenvalue weighted by atomic mass is 16.5. The first-order valence-electron chi connectivity index (χ1n) is 8.40. The van der Waals surface area contributed by atoms with Gasteiger partial charge in [-0.05, 0) is 50.6 Å². The van der Waals surface area contributed by atoms with E-state index < -0.39 is 11.4 Å². The van der Waals surface area contributed by atoms with Crippen LogP contribution in [0.15, 0.2) is 35.3 Å². The average molecular weight is 350 g/mol. The summed E-state index contributed by atoms with van der Waals surface area (Å²) in [7, 11) is 0. The summed E-state index contributed by atoms with van der Waals surface area (Å²) in [6.07, 6.45) is 1.43. The number of benzene rings is 1. The number of rotatable bonds is 2. The Balaban J connectivity index is 2.10. The molecule has 0 unspecified atom stereocenters. The molecule has 6 heteroatoms. The Morgan fingerprint density at radius 3 is 2.62 bits per heavy atom. The number of hydrogen-bond acceptors (Lipinski definition) is 4. The minimum atomic E-state index is -1.22. The second-order valence-electron chi connectivity index (χ2n) is 6.72. The van der Waals surface area contributed by atoms with E-state index in [9.17, 15) is 14.7 Å². The Labute approximate surface area is 149 Å². The minimum absolute atomic E-state index is 0.0696. The van der Waals surface area contributed by atoms with Gasteiger partial charge in [-0.3, -0.25) is 9.78 Å². The zero-order valence-corrected chi connectivity index (χ0v) is 14.7. The number of carboxylic acid groups (broad SMARTS) is 1. The highest BCUT2D eigenvalue weighted by molar-refractivity contribution is 5.97. The number of carbonyl (C=O) groups is 1.